The first-order valence-electron chi connectivity index (χ1n) is 6.80. The molecule has 0 amide bonds. The number of hydrogen-bond donors (Lipinski definition) is 0. The van der Waals surface area contributed by atoms with Crippen LogP contribution in [-0.4, -0.2) is 23.2 Å². The fourth-order valence-corrected chi connectivity index (χ4v) is 3.57. The monoisotopic (exact) mass is 321 g/mol. The molecule has 0 fully saturated rings. The van der Waals surface area contributed by atoms with Crippen LogP contribution in [-0.2, 0) is 15.5 Å². The molecule has 7 heteroatoms. The van der Waals surface area contributed by atoms with Gasteiger partial charge in [0.25, 0.3) is 14.2 Å². The third-order valence-corrected chi connectivity index (χ3v) is 4.09. The molecule has 5 nitrogen and oxygen atoms in total. The maximum absolute atomic E-state index is 11.5. The molecule has 0 aliphatic heterocycles. The van der Waals surface area contributed by atoms with Gasteiger partial charge in [0.2, 0.25) is 0 Å². The van der Waals surface area contributed by atoms with E-state index in [4.69, 9.17) is 10.7 Å². The maximum Gasteiger partial charge on any atom is 0.296 e. The molecule has 0 aromatic carbocycles. The molecular weight excluding hydrogens is 298 g/mol. The van der Waals surface area contributed by atoms with E-state index in [0.717, 1.165) is 6.42 Å². The van der Waals surface area contributed by atoms with Gasteiger partial charge in [-0.2, -0.15) is 0 Å². The predicted molar refractivity (Wildman–Crippen MR) is 80.4 cm³/mol. The largest absolute Gasteiger partial charge is 0.298 e. The lowest BCUT2D eigenvalue weighted by Crippen LogP contribution is -2.17. The zero-order valence-corrected chi connectivity index (χ0v) is 14.6. The first kappa shape index (κ1) is 17.4. The first-order valence-corrected chi connectivity index (χ1v) is 9.11. The van der Waals surface area contributed by atoms with Gasteiger partial charge in [-0.25, -0.2) is 8.42 Å². The summed E-state index contributed by atoms with van der Waals surface area (Å²) in [5, 5.41) is 7.61. The third kappa shape index (κ3) is 4.74. The van der Waals surface area contributed by atoms with Crippen molar-refractivity contribution in [3.05, 3.63) is 5.82 Å². The van der Waals surface area contributed by atoms with Crippen LogP contribution in [0.3, 0.4) is 0 Å². The van der Waals surface area contributed by atoms with Gasteiger partial charge in [0.05, 0.1) is 0 Å². The molecule has 0 radical (unpaired) electrons. The van der Waals surface area contributed by atoms with Crippen molar-refractivity contribution in [3.63, 3.8) is 0 Å². The highest BCUT2D eigenvalue weighted by Gasteiger charge is 2.25. The molecule has 1 atom stereocenters. The lowest BCUT2D eigenvalue weighted by atomic mass is 9.84. The van der Waals surface area contributed by atoms with Crippen LogP contribution in [0.25, 0.3) is 0 Å². The van der Waals surface area contributed by atoms with Crippen LogP contribution >= 0.6 is 10.7 Å². The summed E-state index contributed by atoms with van der Waals surface area (Å²) in [4.78, 5) is 0. The van der Waals surface area contributed by atoms with Crippen LogP contribution in [0.1, 0.15) is 59.8 Å². The van der Waals surface area contributed by atoms with E-state index in [1.54, 1.807) is 4.57 Å². The van der Waals surface area contributed by atoms with Gasteiger partial charge < -0.3 is 0 Å². The summed E-state index contributed by atoms with van der Waals surface area (Å²) >= 11 is 0. The van der Waals surface area contributed by atoms with E-state index >= 15 is 0 Å². The van der Waals surface area contributed by atoms with Gasteiger partial charge >= 0.3 is 0 Å². The lowest BCUT2D eigenvalue weighted by Gasteiger charge is -2.23. The number of hydrogen-bond acceptors (Lipinski definition) is 4. The van der Waals surface area contributed by atoms with E-state index in [9.17, 15) is 8.42 Å². The predicted octanol–water partition coefficient (Wildman–Crippen LogP) is 3.40. The molecule has 1 aromatic heterocycles. The standard InChI is InChI=1S/C13H24ClN3O2S/c1-9(2)17-11(7-10(3)8-13(4,5)6)15-16-12(17)20(14,18)19/h9-10H,7-8H2,1-6H3. The minimum absolute atomic E-state index is 0.0506. The topological polar surface area (TPSA) is 64.8 Å². The molecule has 116 valence electrons. The van der Waals surface area contributed by atoms with E-state index in [2.05, 4.69) is 37.9 Å². The van der Waals surface area contributed by atoms with Gasteiger partial charge in [-0.15, -0.1) is 10.2 Å². The summed E-state index contributed by atoms with van der Waals surface area (Å²) in [5.41, 5.74) is 0.226. The summed E-state index contributed by atoms with van der Waals surface area (Å²) < 4.78 is 24.7. The minimum Gasteiger partial charge on any atom is -0.298 e. The molecule has 1 aromatic rings. The Balaban J connectivity index is 3.06. The molecule has 1 unspecified atom stereocenters. The van der Waals surface area contributed by atoms with Crippen LogP contribution < -0.4 is 0 Å². The van der Waals surface area contributed by atoms with Crippen molar-refractivity contribution >= 4 is 19.7 Å². The van der Waals surface area contributed by atoms with Crippen molar-refractivity contribution in [2.45, 2.75) is 65.6 Å². The van der Waals surface area contributed by atoms with Gasteiger partial charge in [-0.05, 0) is 31.6 Å². The number of rotatable bonds is 5. The second kappa shape index (κ2) is 6.02. The quantitative estimate of drug-likeness (QED) is 0.780. The fourth-order valence-electron chi connectivity index (χ4n) is 2.56. The second-order valence-electron chi connectivity index (χ2n) is 6.87. The Kier molecular flexibility index (Phi) is 5.24. The number of nitrogens with zero attached hydrogens (tertiary/aromatic N) is 3. The van der Waals surface area contributed by atoms with Crippen molar-refractivity contribution in [1.82, 2.24) is 14.8 Å². The molecule has 0 aliphatic rings. The highest BCUT2D eigenvalue weighted by Crippen LogP contribution is 2.27. The average molecular weight is 322 g/mol. The molecular formula is C13H24ClN3O2S. The first-order chi connectivity index (χ1) is 8.92. The normalized spacial score (nSPS) is 14.8. The van der Waals surface area contributed by atoms with Gasteiger partial charge in [-0.3, -0.25) is 4.57 Å². The Bertz CT molecular complexity index is 559. The molecule has 0 aliphatic carbocycles. The average Bonchev–Trinajstić information content (AvgIpc) is 2.57. The van der Waals surface area contributed by atoms with Crippen LogP contribution in [0.5, 0.6) is 0 Å². The molecule has 0 N–H and O–H groups in total. The Hall–Kier alpha value is -0.620. The highest BCUT2D eigenvalue weighted by molar-refractivity contribution is 8.13. The van der Waals surface area contributed by atoms with E-state index in [-0.39, 0.29) is 16.6 Å². The van der Waals surface area contributed by atoms with E-state index in [1.807, 2.05) is 13.8 Å². The van der Waals surface area contributed by atoms with E-state index in [1.165, 1.54) is 0 Å². The van der Waals surface area contributed by atoms with Crippen molar-refractivity contribution < 1.29 is 8.42 Å². The summed E-state index contributed by atoms with van der Waals surface area (Å²) in [5.74, 6) is 1.07. The Labute approximate surface area is 126 Å². The lowest BCUT2D eigenvalue weighted by molar-refractivity contribution is 0.300. The van der Waals surface area contributed by atoms with Gasteiger partial charge in [0.15, 0.2) is 0 Å². The molecule has 1 heterocycles. The molecule has 0 bridgehead atoms. The van der Waals surface area contributed by atoms with Crippen molar-refractivity contribution in [2.24, 2.45) is 11.3 Å². The summed E-state index contributed by atoms with van der Waals surface area (Å²) in [6.07, 6.45) is 1.72. The number of halogens is 1. The van der Waals surface area contributed by atoms with Crippen LogP contribution in [0, 0.1) is 11.3 Å². The molecule has 0 saturated carbocycles. The highest BCUT2D eigenvalue weighted by atomic mass is 35.7. The molecule has 0 saturated heterocycles. The molecule has 1 rings (SSSR count). The maximum atomic E-state index is 11.5. The summed E-state index contributed by atoms with van der Waals surface area (Å²) in [6.45, 7) is 12.5. The van der Waals surface area contributed by atoms with E-state index in [0.29, 0.717) is 18.2 Å². The Morgan fingerprint density at radius 1 is 1.20 bits per heavy atom. The van der Waals surface area contributed by atoms with Gasteiger partial charge in [-0.1, -0.05) is 27.7 Å². The minimum atomic E-state index is -3.87. The Morgan fingerprint density at radius 3 is 2.15 bits per heavy atom. The SMILES string of the molecule is CC(Cc1nnc(S(=O)(=O)Cl)n1C(C)C)CC(C)(C)C. The zero-order chi connectivity index (χ0) is 15.7. The van der Waals surface area contributed by atoms with Gasteiger partial charge in [0.1, 0.15) is 5.82 Å². The number of aromatic nitrogens is 3. The molecule has 20 heavy (non-hydrogen) atoms. The van der Waals surface area contributed by atoms with Crippen LogP contribution in [0.15, 0.2) is 5.16 Å². The fraction of sp³-hybridized carbons (Fsp3) is 0.846. The third-order valence-electron chi connectivity index (χ3n) is 2.96. The summed E-state index contributed by atoms with van der Waals surface area (Å²) in [6, 6.07) is -0.0506. The zero-order valence-electron chi connectivity index (χ0n) is 13.0. The molecule has 0 spiro atoms. The van der Waals surface area contributed by atoms with E-state index < -0.39 is 9.05 Å². The Morgan fingerprint density at radius 2 is 1.75 bits per heavy atom. The second-order valence-corrected chi connectivity index (χ2v) is 9.33. The smallest absolute Gasteiger partial charge is 0.296 e. The van der Waals surface area contributed by atoms with Crippen molar-refractivity contribution in [3.8, 4) is 0 Å². The van der Waals surface area contributed by atoms with Crippen LogP contribution in [0.2, 0.25) is 0 Å². The summed E-state index contributed by atoms with van der Waals surface area (Å²) in [7, 11) is 1.55. The van der Waals surface area contributed by atoms with Gasteiger partial charge in [0, 0.05) is 23.1 Å². The van der Waals surface area contributed by atoms with Crippen molar-refractivity contribution in [2.75, 3.05) is 0 Å². The van der Waals surface area contributed by atoms with Crippen LogP contribution in [0.4, 0.5) is 0 Å². The van der Waals surface area contributed by atoms with Crippen molar-refractivity contribution in [1.29, 1.82) is 0 Å².